The number of nitrogens with zero attached hydrogens (tertiary/aromatic N) is 1. The molecule has 0 saturated carbocycles. The summed E-state index contributed by atoms with van der Waals surface area (Å²) in [6.07, 6.45) is -0.435. The van der Waals surface area contributed by atoms with Crippen LogP contribution in [0.1, 0.15) is 34.6 Å². The first-order chi connectivity index (χ1) is 6.63. The highest BCUT2D eigenvalue weighted by Gasteiger charge is 2.20. The molecule has 0 atom stereocenters. The number of aliphatic hydroxyl groups is 1. The molecule has 15 heavy (non-hydrogen) atoms. The van der Waals surface area contributed by atoms with Crippen molar-refractivity contribution >= 4 is 6.09 Å². The van der Waals surface area contributed by atoms with Crippen molar-refractivity contribution in [3.05, 3.63) is 11.3 Å². The van der Waals surface area contributed by atoms with Gasteiger partial charge in [-0.05, 0) is 40.2 Å². The van der Waals surface area contributed by atoms with E-state index in [0.29, 0.717) is 0 Å². The zero-order valence-corrected chi connectivity index (χ0v) is 10.4. The molecule has 0 unspecified atom stereocenters. The first kappa shape index (κ1) is 13.8. The Kier molecular flexibility index (Phi) is 4.65. The fourth-order valence-electron chi connectivity index (χ4n) is 0.787. The summed E-state index contributed by atoms with van der Waals surface area (Å²) in [4.78, 5) is 12.8. The van der Waals surface area contributed by atoms with Gasteiger partial charge in [-0.1, -0.05) is 0 Å². The van der Waals surface area contributed by atoms with Gasteiger partial charge in [-0.15, -0.1) is 0 Å². The lowest BCUT2D eigenvalue weighted by atomic mass is 10.2. The Morgan fingerprint density at radius 1 is 1.33 bits per heavy atom. The molecule has 0 radical (unpaired) electrons. The van der Waals surface area contributed by atoms with E-state index < -0.39 is 11.7 Å². The van der Waals surface area contributed by atoms with Crippen molar-refractivity contribution in [1.82, 2.24) is 4.90 Å². The summed E-state index contributed by atoms with van der Waals surface area (Å²) < 4.78 is 5.13. The number of carbonyl (C=O) groups is 1. The molecule has 0 fully saturated rings. The average molecular weight is 215 g/mol. The minimum atomic E-state index is -0.508. The van der Waals surface area contributed by atoms with E-state index in [9.17, 15) is 9.90 Å². The molecule has 0 aromatic rings. The third kappa shape index (κ3) is 5.99. The molecule has 0 heterocycles. The van der Waals surface area contributed by atoms with Gasteiger partial charge in [0.25, 0.3) is 0 Å². The van der Waals surface area contributed by atoms with Gasteiger partial charge < -0.3 is 14.7 Å². The van der Waals surface area contributed by atoms with E-state index in [2.05, 4.69) is 0 Å². The molecular weight excluding hydrogens is 194 g/mol. The van der Waals surface area contributed by atoms with E-state index in [0.717, 1.165) is 5.57 Å². The van der Waals surface area contributed by atoms with Gasteiger partial charge in [0.05, 0.1) is 6.54 Å². The van der Waals surface area contributed by atoms with Crippen LogP contribution in [-0.4, -0.2) is 35.3 Å². The van der Waals surface area contributed by atoms with Gasteiger partial charge in [0, 0.05) is 7.05 Å². The number of allylic oxidation sites excluding steroid dienone is 1. The maximum Gasteiger partial charge on any atom is 0.410 e. The second kappa shape index (κ2) is 5.05. The molecular formula is C11H21NO3. The molecule has 4 nitrogen and oxygen atoms in total. The molecule has 0 aliphatic heterocycles. The number of aliphatic hydroxyl groups excluding tert-OH is 1. The summed E-state index contributed by atoms with van der Waals surface area (Å²) in [5.74, 6) is 0.198. The van der Waals surface area contributed by atoms with E-state index in [1.165, 1.54) is 4.90 Å². The maximum absolute atomic E-state index is 11.5. The zero-order valence-electron chi connectivity index (χ0n) is 10.4. The van der Waals surface area contributed by atoms with Crippen molar-refractivity contribution in [1.29, 1.82) is 0 Å². The Morgan fingerprint density at radius 2 is 1.80 bits per heavy atom. The van der Waals surface area contributed by atoms with Crippen LogP contribution in [-0.2, 0) is 4.74 Å². The number of carbonyl (C=O) groups excluding carboxylic acids is 1. The summed E-state index contributed by atoms with van der Waals surface area (Å²) >= 11 is 0. The van der Waals surface area contributed by atoms with E-state index >= 15 is 0 Å². The summed E-state index contributed by atoms with van der Waals surface area (Å²) in [5.41, 5.74) is 0.289. The number of likely N-dealkylation sites (N-methyl/N-ethyl adjacent to an activating group) is 1. The van der Waals surface area contributed by atoms with Gasteiger partial charge in [0.15, 0.2) is 0 Å². The molecule has 1 amide bonds. The third-order valence-electron chi connectivity index (χ3n) is 1.67. The standard InChI is InChI=1S/C11H21NO3/c1-8(2)9(13)7-12(6)10(14)15-11(3,4)5/h13H,7H2,1-6H3. The van der Waals surface area contributed by atoms with Crippen LogP contribution >= 0.6 is 0 Å². The molecule has 88 valence electrons. The van der Waals surface area contributed by atoms with Gasteiger partial charge in [-0.3, -0.25) is 0 Å². The highest BCUT2D eigenvalue weighted by atomic mass is 16.6. The van der Waals surface area contributed by atoms with E-state index in [-0.39, 0.29) is 12.3 Å². The monoisotopic (exact) mass is 215 g/mol. The highest BCUT2D eigenvalue weighted by molar-refractivity contribution is 5.68. The normalized spacial score (nSPS) is 10.8. The Morgan fingerprint density at radius 3 is 2.13 bits per heavy atom. The van der Waals surface area contributed by atoms with E-state index in [1.807, 2.05) is 0 Å². The number of ether oxygens (including phenoxy) is 1. The van der Waals surface area contributed by atoms with Crippen molar-refractivity contribution in [3.8, 4) is 0 Å². The van der Waals surface area contributed by atoms with Crippen LogP contribution < -0.4 is 0 Å². The number of hydrogen-bond donors (Lipinski definition) is 1. The first-order valence-corrected chi connectivity index (χ1v) is 4.93. The maximum atomic E-state index is 11.5. The SMILES string of the molecule is CC(C)=C(O)CN(C)C(=O)OC(C)(C)C. The quantitative estimate of drug-likeness (QED) is 0.720. The molecule has 0 aliphatic carbocycles. The average Bonchev–Trinajstić information content (AvgIpc) is 2.00. The molecule has 1 N–H and O–H groups in total. The topological polar surface area (TPSA) is 49.8 Å². The first-order valence-electron chi connectivity index (χ1n) is 4.93. The molecule has 0 aromatic heterocycles. The van der Waals surface area contributed by atoms with Crippen molar-refractivity contribution in [2.45, 2.75) is 40.2 Å². The lowest BCUT2D eigenvalue weighted by Gasteiger charge is -2.24. The number of rotatable bonds is 2. The van der Waals surface area contributed by atoms with Gasteiger partial charge in [0.1, 0.15) is 11.4 Å². The lowest BCUT2D eigenvalue weighted by Crippen LogP contribution is -2.35. The molecule has 0 spiro atoms. The summed E-state index contributed by atoms with van der Waals surface area (Å²) in [7, 11) is 1.59. The minimum absolute atomic E-state index is 0.178. The van der Waals surface area contributed by atoms with Gasteiger partial charge in [-0.2, -0.15) is 0 Å². The van der Waals surface area contributed by atoms with Gasteiger partial charge in [-0.25, -0.2) is 4.79 Å². The number of hydrogen-bond acceptors (Lipinski definition) is 3. The van der Waals surface area contributed by atoms with Gasteiger partial charge in [0.2, 0.25) is 0 Å². The second-order valence-electron chi connectivity index (χ2n) is 4.78. The Balaban J connectivity index is 4.30. The van der Waals surface area contributed by atoms with Crippen LogP contribution in [0.25, 0.3) is 0 Å². The molecule has 0 bridgehead atoms. The summed E-state index contributed by atoms with van der Waals surface area (Å²) in [6, 6.07) is 0. The van der Waals surface area contributed by atoms with E-state index in [4.69, 9.17) is 4.74 Å². The van der Waals surface area contributed by atoms with Crippen LogP contribution in [0.4, 0.5) is 4.79 Å². The van der Waals surface area contributed by atoms with Crippen molar-refractivity contribution in [2.75, 3.05) is 13.6 Å². The van der Waals surface area contributed by atoms with Gasteiger partial charge >= 0.3 is 6.09 Å². The summed E-state index contributed by atoms with van der Waals surface area (Å²) in [6.45, 7) is 9.17. The van der Waals surface area contributed by atoms with Crippen LogP contribution in [0.2, 0.25) is 0 Å². The third-order valence-corrected chi connectivity index (χ3v) is 1.67. The smallest absolute Gasteiger partial charge is 0.410 e. The largest absolute Gasteiger partial charge is 0.510 e. The van der Waals surface area contributed by atoms with E-state index in [1.54, 1.807) is 41.7 Å². The van der Waals surface area contributed by atoms with Crippen LogP contribution in [0.5, 0.6) is 0 Å². The molecule has 4 heteroatoms. The Bertz CT molecular complexity index is 259. The molecule has 0 rings (SSSR count). The van der Waals surface area contributed by atoms with Crippen LogP contribution in [0.15, 0.2) is 11.3 Å². The van der Waals surface area contributed by atoms with Crippen molar-refractivity contribution in [3.63, 3.8) is 0 Å². The van der Waals surface area contributed by atoms with Crippen molar-refractivity contribution in [2.24, 2.45) is 0 Å². The fourth-order valence-corrected chi connectivity index (χ4v) is 0.787. The Hall–Kier alpha value is -1.19. The predicted octanol–water partition coefficient (Wildman–Crippen LogP) is 2.71. The molecule has 0 aliphatic rings. The molecule has 0 saturated heterocycles. The van der Waals surface area contributed by atoms with Crippen molar-refractivity contribution < 1.29 is 14.6 Å². The Labute approximate surface area is 91.5 Å². The second-order valence-corrected chi connectivity index (χ2v) is 4.78. The zero-order chi connectivity index (χ0) is 12.2. The fraction of sp³-hybridized carbons (Fsp3) is 0.727. The predicted molar refractivity (Wildman–Crippen MR) is 59.9 cm³/mol. The summed E-state index contributed by atoms with van der Waals surface area (Å²) in [5, 5.41) is 9.47. The highest BCUT2D eigenvalue weighted by Crippen LogP contribution is 2.10. The lowest BCUT2D eigenvalue weighted by molar-refractivity contribution is 0.0297. The van der Waals surface area contributed by atoms with Crippen LogP contribution in [0, 0.1) is 0 Å². The molecule has 0 aromatic carbocycles. The minimum Gasteiger partial charge on any atom is -0.510 e. The number of amides is 1. The van der Waals surface area contributed by atoms with Crippen LogP contribution in [0.3, 0.4) is 0 Å².